The van der Waals surface area contributed by atoms with Crippen molar-refractivity contribution in [3.8, 4) is 0 Å². The molecule has 0 amide bonds. The number of aromatic nitrogens is 2. The molecule has 0 spiro atoms. The average molecular weight is 396 g/mol. The summed E-state index contributed by atoms with van der Waals surface area (Å²) in [5.74, 6) is 1.44. The Hall–Kier alpha value is -2.64. The Morgan fingerprint density at radius 2 is 1.90 bits per heavy atom. The van der Waals surface area contributed by atoms with E-state index >= 15 is 0 Å². The van der Waals surface area contributed by atoms with Gasteiger partial charge >= 0.3 is 0 Å². The van der Waals surface area contributed by atoms with Gasteiger partial charge in [-0.3, -0.25) is 14.3 Å². The van der Waals surface area contributed by atoms with Gasteiger partial charge in [0.05, 0.1) is 17.2 Å². The first-order chi connectivity index (χ1) is 13.9. The van der Waals surface area contributed by atoms with E-state index < -0.39 is 6.10 Å². The number of fused-ring (bicyclic) bond motifs is 1. The Kier molecular flexibility index (Phi) is 5.43. The molecule has 3 heterocycles. The summed E-state index contributed by atoms with van der Waals surface area (Å²) in [6.07, 6.45) is 1.03. The smallest absolute Gasteiger partial charge is 0.261 e. The van der Waals surface area contributed by atoms with Gasteiger partial charge in [-0.2, -0.15) is 0 Å². The zero-order chi connectivity index (χ0) is 20.5. The van der Waals surface area contributed by atoms with Gasteiger partial charge in [-0.1, -0.05) is 0 Å². The second kappa shape index (κ2) is 8.00. The minimum absolute atomic E-state index is 0.00326. The second-order valence-corrected chi connectivity index (χ2v) is 8.00. The third-order valence-corrected chi connectivity index (χ3v) is 5.58. The molecule has 0 saturated carbocycles. The molecule has 2 aromatic heterocycles. The van der Waals surface area contributed by atoms with Crippen LogP contribution >= 0.6 is 0 Å². The molecule has 7 heteroatoms. The van der Waals surface area contributed by atoms with Crippen molar-refractivity contribution in [2.75, 3.05) is 37.6 Å². The molecule has 1 aromatic carbocycles. The first-order valence-corrected chi connectivity index (χ1v) is 10.1. The van der Waals surface area contributed by atoms with E-state index in [0.717, 1.165) is 43.1 Å². The van der Waals surface area contributed by atoms with Crippen molar-refractivity contribution in [3.63, 3.8) is 0 Å². The van der Waals surface area contributed by atoms with E-state index in [-0.39, 0.29) is 11.6 Å². The van der Waals surface area contributed by atoms with E-state index in [1.54, 1.807) is 10.9 Å². The fourth-order valence-electron chi connectivity index (χ4n) is 3.84. The van der Waals surface area contributed by atoms with Crippen LogP contribution in [0.15, 0.2) is 45.9 Å². The first-order valence-electron chi connectivity index (χ1n) is 10.1. The molecule has 1 atom stereocenters. The van der Waals surface area contributed by atoms with Crippen molar-refractivity contribution < 1.29 is 9.52 Å². The Morgan fingerprint density at radius 3 is 2.55 bits per heavy atom. The molecular formula is C22H28N4O3. The molecule has 154 valence electrons. The number of aliphatic hydroxyl groups excluding tert-OH is 1. The van der Waals surface area contributed by atoms with Crippen LogP contribution in [-0.2, 0) is 0 Å². The van der Waals surface area contributed by atoms with Crippen molar-refractivity contribution in [2.24, 2.45) is 0 Å². The number of benzene rings is 1. The summed E-state index contributed by atoms with van der Waals surface area (Å²) >= 11 is 0. The third-order valence-electron chi connectivity index (χ3n) is 5.58. The van der Waals surface area contributed by atoms with Gasteiger partial charge in [0.2, 0.25) is 0 Å². The lowest BCUT2D eigenvalue weighted by molar-refractivity contribution is 0.0908. The largest absolute Gasteiger partial charge is 0.464 e. The van der Waals surface area contributed by atoms with Gasteiger partial charge in [-0.05, 0) is 51.1 Å². The number of piperazine rings is 1. The number of hydrogen-bond donors (Lipinski definition) is 1. The summed E-state index contributed by atoms with van der Waals surface area (Å²) < 4.78 is 7.19. The number of aliphatic hydroxyl groups is 1. The standard InChI is InChI=1S/C22H28N4O3/c1-15(2)26-14-23-19-12-17(5-6-18(19)22(26)28)25-10-8-24(9-11-25)13-20(27)21-7-4-16(3)29-21/h4-7,12,14-15,20,27H,8-11,13H2,1-3H3. The predicted octanol–water partition coefficient (Wildman–Crippen LogP) is 2.73. The maximum Gasteiger partial charge on any atom is 0.261 e. The van der Waals surface area contributed by atoms with E-state index in [9.17, 15) is 9.90 Å². The van der Waals surface area contributed by atoms with Crippen LogP contribution in [-0.4, -0.2) is 52.3 Å². The zero-order valence-corrected chi connectivity index (χ0v) is 17.2. The van der Waals surface area contributed by atoms with Crippen LogP contribution in [0.3, 0.4) is 0 Å². The van der Waals surface area contributed by atoms with Crippen LogP contribution in [0.1, 0.15) is 37.5 Å². The minimum Gasteiger partial charge on any atom is -0.464 e. The number of β-amino-alcohol motifs (C(OH)–C–C–N with tert-alkyl or cyclic N) is 1. The van der Waals surface area contributed by atoms with Crippen molar-refractivity contribution in [1.29, 1.82) is 0 Å². The Labute approximate surface area is 170 Å². The highest BCUT2D eigenvalue weighted by Gasteiger charge is 2.22. The summed E-state index contributed by atoms with van der Waals surface area (Å²) in [4.78, 5) is 21.6. The summed E-state index contributed by atoms with van der Waals surface area (Å²) in [6.45, 7) is 9.84. The maximum absolute atomic E-state index is 12.6. The van der Waals surface area contributed by atoms with E-state index in [2.05, 4.69) is 14.8 Å². The molecule has 29 heavy (non-hydrogen) atoms. The van der Waals surface area contributed by atoms with Crippen molar-refractivity contribution in [3.05, 3.63) is 58.5 Å². The number of nitrogens with zero attached hydrogens (tertiary/aromatic N) is 4. The van der Waals surface area contributed by atoms with Crippen molar-refractivity contribution in [1.82, 2.24) is 14.5 Å². The molecule has 1 aliphatic heterocycles. The highest BCUT2D eigenvalue weighted by molar-refractivity contribution is 5.81. The highest BCUT2D eigenvalue weighted by atomic mass is 16.4. The quantitative estimate of drug-likeness (QED) is 0.715. The summed E-state index contributed by atoms with van der Waals surface area (Å²) in [7, 11) is 0. The summed E-state index contributed by atoms with van der Waals surface area (Å²) in [5.41, 5.74) is 1.81. The van der Waals surface area contributed by atoms with E-state index in [4.69, 9.17) is 4.42 Å². The van der Waals surface area contributed by atoms with Crippen LogP contribution in [0.2, 0.25) is 0 Å². The van der Waals surface area contributed by atoms with E-state index in [1.165, 1.54) is 0 Å². The number of hydrogen-bond acceptors (Lipinski definition) is 6. The normalized spacial score (nSPS) is 16.7. The second-order valence-electron chi connectivity index (χ2n) is 8.00. The van der Waals surface area contributed by atoms with Crippen LogP contribution in [0.5, 0.6) is 0 Å². The van der Waals surface area contributed by atoms with Crippen LogP contribution < -0.4 is 10.5 Å². The fourth-order valence-corrected chi connectivity index (χ4v) is 3.84. The van der Waals surface area contributed by atoms with Gasteiger partial charge in [0.25, 0.3) is 5.56 Å². The third kappa shape index (κ3) is 4.06. The van der Waals surface area contributed by atoms with Gasteiger partial charge in [-0.25, -0.2) is 4.98 Å². The van der Waals surface area contributed by atoms with E-state index in [0.29, 0.717) is 17.7 Å². The fraction of sp³-hybridized carbons (Fsp3) is 0.455. The lowest BCUT2D eigenvalue weighted by atomic mass is 10.1. The van der Waals surface area contributed by atoms with Gasteiger partial charge < -0.3 is 14.4 Å². The number of rotatable bonds is 5. The molecule has 7 nitrogen and oxygen atoms in total. The molecule has 1 aliphatic rings. The maximum atomic E-state index is 12.6. The SMILES string of the molecule is Cc1ccc(C(O)CN2CCN(c3ccc4c(=O)n(C(C)C)cnc4c3)CC2)o1. The minimum atomic E-state index is -0.608. The topological polar surface area (TPSA) is 74.7 Å². The van der Waals surface area contributed by atoms with Crippen molar-refractivity contribution in [2.45, 2.75) is 32.9 Å². The number of furan rings is 1. The Morgan fingerprint density at radius 1 is 1.14 bits per heavy atom. The molecular weight excluding hydrogens is 368 g/mol. The number of aryl methyl sites for hydroxylation is 1. The lowest BCUT2D eigenvalue weighted by Gasteiger charge is -2.36. The van der Waals surface area contributed by atoms with Gasteiger partial charge in [0.1, 0.15) is 17.6 Å². The van der Waals surface area contributed by atoms with E-state index in [1.807, 2.05) is 51.1 Å². The van der Waals surface area contributed by atoms with Gasteiger partial charge in [0, 0.05) is 44.5 Å². The zero-order valence-electron chi connectivity index (χ0n) is 17.2. The van der Waals surface area contributed by atoms with Crippen LogP contribution in [0.4, 0.5) is 5.69 Å². The molecule has 0 aliphatic carbocycles. The Bertz CT molecular complexity index is 1050. The summed E-state index contributed by atoms with van der Waals surface area (Å²) in [6, 6.07) is 9.69. The average Bonchev–Trinajstić information content (AvgIpc) is 3.15. The molecule has 1 N–H and O–H groups in total. The number of anilines is 1. The first kappa shape index (κ1) is 19.7. The lowest BCUT2D eigenvalue weighted by Crippen LogP contribution is -2.47. The van der Waals surface area contributed by atoms with Gasteiger partial charge in [0.15, 0.2) is 0 Å². The predicted molar refractivity (Wildman–Crippen MR) is 113 cm³/mol. The monoisotopic (exact) mass is 396 g/mol. The molecule has 1 saturated heterocycles. The summed E-state index contributed by atoms with van der Waals surface area (Å²) in [5, 5.41) is 11.0. The van der Waals surface area contributed by atoms with Crippen LogP contribution in [0, 0.1) is 6.92 Å². The Balaban J connectivity index is 1.42. The van der Waals surface area contributed by atoms with Crippen molar-refractivity contribution >= 4 is 16.6 Å². The molecule has 0 bridgehead atoms. The molecule has 4 rings (SSSR count). The molecule has 1 fully saturated rings. The molecule has 0 radical (unpaired) electrons. The van der Waals surface area contributed by atoms with Crippen LogP contribution in [0.25, 0.3) is 10.9 Å². The molecule has 3 aromatic rings. The highest BCUT2D eigenvalue weighted by Crippen LogP contribution is 2.22. The molecule has 1 unspecified atom stereocenters. The van der Waals surface area contributed by atoms with Gasteiger partial charge in [-0.15, -0.1) is 0 Å².